The number of nitrogens with two attached hydrogens (primary N) is 1. The van der Waals surface area contributed by atoms with E-state index in [0.717, 1.165) is 37.9 Å². The molecule has 23 heavy (non-hydrogen) atoms. The van der Waals surface area contributed by atoms with Crippen LogP contribution in [0.4, 0.5) is 19.0 Å². The number of aromatic nitrogens is 1. The summed E-state index contributed by atoms with van der Waals surface area (Å²) in [5.41, 5.74) is 4.60. The highest BCUT2D eigenvalue weighted by Gasteiger charge is 2.46. The van der Waals surface area contributed by atoms with Crippen molar-refractivity contribution in [3.05, 3.63) is 22.8 Å². The predicted molar refractivity (Wildman–Crippen MR) is 80.1 cm³/mol. The number of rotatable bonds is 2. The lowest BCUT2D eigenvalue weighted by Gasteiger charge is -2.34. The fourth-order valence-corrected chi connectivity index (χ4v) is 4.06. The largest absolute Gasteiger partial charge is 0.417 e. The Morgan fingerprint density at radius 2 is 2.04 bits per heavy atom. The van der Waals surface area contributed by atoms with Gasteiger partial charge in [0.15, 0.2) is 0 Å². The Bertz CT molecular complexity index is 622. The lowest BCUT2D eigenvalue weighted by atomic mass is 9.84. The normalized spacial score (nSPS) is 27.8. The van der Waals surface area contributed by atoms with E-state index in [1.54, 1.807) is 4.90 Å². The van der Waals surface area contributed by atoms with Gasteiger partial charge in [-0.2, -0.15) is 13.2 Å². The minimum Gasteiger partial charge on any atom is -0.368 e. The number of fused-ring (bicyclic) bond motifs is 1. The summed E-state index contributed by atoms with van der Waals surface area (Å²) in [4.78, 5) is 17.5. The van der Waals surface area contributed by atoms with Gasteiger partial charge in [-0.05, 0) is 31.2 Å². The number of anilines is 1. The average Bonchev–Trinajstić information content (AvgIpc) is 2.86. The van der Waals surface area contributed by atoms with Crippen LogP contribution >= 0.6 is 11.6 Å². The standard InChI is InChI=1S/C15H17ClF3N3O/c16-10-6-9(15(17,18)19)7-21-14(10)22-11-4-2-1-3-8(11)5-12(22)13(20)23/h6-8,11-12H,1-5H2,(H2,20,23)/t8-,11-,12+/m1/s1. The third kappa shape index (κ3) is 2.98. The lowest BCUT2D eigenvalue weighted by molar-refractivity contribution is -0.137. The van der Waals surface area contributed by atoms with Gasteiger partial charge in [0.05, 0.1) is 10.6 Å². The van der Waals surface area contributed by atoms with E-state index in [9.17, 15) is 18.0 Å². The third-order valence-corrected chi connectivity index (χ3v) is 5.09. The van der Waals surface area contributed by atoms with Crippen LogP contribution in [-0.2, 0) is 11.0 Å². The molecule has 2 heterocycles. The molecule has 0 aromatic carbocycles. The van der Waals surface area contributed by atoms with E-state index in [1.165, 1.54) is 0 Å². The Hall–Kier alpha value is -1.50. The maximum absolute atomic E-state index is 12.8. The van der Waals surface area contributed by atoms with Crippen LogP contribution in [0.1, 0.15) is 37.7 Å². The summed E-state index contributed by atoms with van der Waals surface area (Å²) in [6.45, 7) is 0. The van der Waals surface area contributed by atoms with Crippen LogP contribution in [0.2, 0.25) is 5.02 Å². The highest BCUT2D eigenvalue weighted by atomic mass is 35.5. The van der Waals surface area contributed by atoms with E-state index >= 15 is 0 Å². The van der Waals surface area contributed by atoms with Crippen molar-refractivity contribution in [1.29, 1.82) is 0 Å². The van der Waals surface area contributed by atoms with Crippen molar-refractivity contribution in [3.63, 3.8) is 0 Å². The summed E-state index contributed by atoms with van der Waals surface area (Å²) in [5.74, 6) is 0.0384. The molecule has 0 spiro atoms. The first-order valence-electron chi connectivity index (χ1n) is 7.59. The second-order valence-corrected chi connectivity index (χ2v) is 6.61. The maximum Gasteiger partial charge on any atom is 0.417 e. The minimum absolute atomic E-state index is 0.0583. The zero-order valence-corrected chi connectivity index (χ0v) is 13.1. The quantitative estimate of drug-likeness (QED) is 0.892. The van der Waals surface area contributed by atoms with E-state index in [2.05, 4.69) is 4.98 Å². The SMILES string of the molecule is NC(=O)[C@@H]1C[C@H]2CCCC[C@H]2N1c1ncc(C(F)(F)F)cc1Cl. The molecule has 1 aromatic rings. The molecule has 2 N–H and O–H groups in total. The molecule has 3 atom stereocenters. The monoisotopic (exact) mass is 347 g/mol. The van der Waals surface area contributed by atoms with Gasteiger partial charge in [0.2, 0.25) is 5.91 Å². The minimum atomic E-state index is -4.50. The summed E-state index contributed by atoms with van der Waals surface area (Å²) in [7, 11) is 0. The number of hydrogen-bond acceptors (Lipinski definition) is 3. The van der Waals surface area contributed by atoms with E-state index in [-0.39, 0.29) is 16.9 Å². The molecule has 3 rings (SSSR count). The fourth-order valence-electron chi connectivity index (χ4n) is 3.79. The highest BCUT2D eigenvalue weighted by molar-refractivity contribution is 6.33. The van der Waals surface area contributed by atoms with E-state index in [0.29, 0.717) is 12.3 Å². The molecule has 1 aliphatic carbocycles. The number of amides is 1. The van der Waals surface area contributed by atoms with Crippen LogP contribution in [0, 0.1) is 5.92 Å². The number of primary amides is 1. The molecule has 1 saturated carbocycles. The number of pyridine rings is 1. The van der Waals surface area contributed by atoms with Gasteiger partial charge in [0.1, 0.15) is 11.9 Å². The first kappa shape index (κ1) is 16.4. The van der Waals surface area contributed by atoms with Gasteiger partial charge < -0.3 is 10.6 Å². The van der Waals surface area contributed by atoms with Crippen molar-refractivity contribution in [2.45, 2.75) is 50.4 Å². The Morgan fingerprint density at radius 3 is 2.65 bits per heavy atom. The number of hydrogen-bond donors (Lipinski definition) is 1. The molecule has 1 aromatic heterocycles. The molecule has 1 amide bonds. The molecule has 2 fully saturated rings. The van der Waals surface area contributed by atoms with Crippen LogP contribution in [0.3, 0.4) is 0 Å². The number of nitrogens with zero attached hydrogens (tertiary/aromatic N) is 2. The maximum atomic E-state index is 12.8. The summed E-state index contributed by atoms with van der Waals surface area (Å²) >= 11 is 6.06. The Kier molecular flexibility index (Phi) is 4.16. The van der Waals surface area contributed by atoms with Crippen molar-refractivity contribution < 1.29 is 18.0 Å². The summed E-state index contributed by atoms with van der Waals surface area (Å²) in [5, 5.41) is -0.0997. The van der Waals surface area contributed by atoms with E-state index < -0.39 is 23.7 Å². The van der Waals surface area contributed by atoms with Crippen LogP contribution in [0.25, 0.3) is 0 Å². The van der Waals surface area contributed by atoms with Crippen LogP contribution in [0.5, 0.6) is 0 Å². The van der Waals surface area contributed by atoms with Crippen LogP contribution in [-0.4, -0.2) is 23.0 Å². The number of halogens is 4. The van der Waals surface area contributed by atoms with Gasteiger partial charge in [0, 0.05) is 12.2 Å². The topological polar surface area (TPSA) is 59.2 Å². The Morgan fingerprint density at radius 1 is 1.35 bits per heavy atom. The molecule has 1 saturated heterocycles. The summed E-state index contributed by atoms with van der Waals surface area (Å²) in [6.07, 6.45) is 0.831. The van der Waals surface area contributed by atoms with E-state index in [1.807, 2.05) is 0 Å². The zero-order chi connectivity index (χ0) is 16.8. The van der Waals surface area contributed by atoms with Crippen LogP contribution in [0.15, 0.2) is 12.3 Å². The Balaban J connectivity index is 1.99. The molecule has 1 aliphatic heterocycles. The van der Waals surface area contributed by atoms with Gasteiger partial charge in [-0.15, -0.1) is 0 Å². The third-order valence-electron chi connectivity index (χ3n) is 4.81. The summed E-state index contributed by atoms with van der Waals surface area (Å²) < 4.78 is 38.3. The van der Waals surface area contributed by atoms with Crippen LogP contribution < -0.4 is 10.6 Å². The molecule has 0 bridgehead atoms. The molecule has 0 radical (unpaired) electrons. The van der Waals surface area contributed by atoms with Crippen molar-refractivity contribution in [3.8, 4) is 0 Å². The van der Waals surface area contributed by atoms with Gasteiger partial charge >= 0.3 is 6.18 Å². The first-order chi connectivity index (χ1) is 10.8. The number of carbonyl (C=O) groups is 1. The van der Waals surface area contributed by atoms with Gasteiger partial charge in [0.25, 0.3) is 0 Å². The predicted octanol–water partition coefficient (Wildman–Crippen LogP) is 3.38. The molecular formula is C15H17ClF3N3O. The lowest BCUT2D eigenvalue weighted by Crippen LogP contribution is -2.45. The fraction of sp³-hybridized carbons (Fsp3) is 0.600. The second-order valence-electron chi connectivity index (χ2n) is 6.20. The van der Waals surface area contributed by atoms with Crippen molar-refractivity contribution in [2.24, 2.45) is 11.7 Å². The van der Waals surface area contributed by atoms with Crippen molar-refractivity contribution >= 4 is 23.3 Å². The zero-order valence-electron chi connectivity index (χ0n) is 12.3. The number of alkyl halides is 3. The van der Waals surface area contributed by atoms with Crippen molar-refractivity contribution in [2.75, 3.05) is 4.90 Å². The molecule has 4 nitrogen and oxygen atoms in total. The molecule has 8 heteroatoms. The molecule has 2 aliphatic rings. The second kappa shape index (κ2) is 5.85. The Labute approximate surface area is 136 Å². The number of carbonyl (C=O) groups excluding carboxylic acids is 1. The van der Waals surface area contributed by atoms with Gasteiger partial charge in [-0.1, -0.05) is 24.4 Å². The van der Waals surface area contributed by atoms with Gasteiger partial charge in [-0.3, -0.25) is 4.79 Å². The van der Waals surface area contributed by atoms with E-state index in [4.69, 9.17) is 17.3 Å². The summed E-state index contributed by atoms with van der Waals surface area (Å²) in [6, 6.07) is 0.353. The first-order valence-corrected chi connectivity index (χ1v) is 7.97. The molecule has 0 unspecified atom stereocenters. The molecule has 126 valence electrons. The molecular weight excluding hydrogens is 331 g/mol. The average molecular weight is 348 g/mol. The van der Waals surface area contributed by atoms with Crippen molar-refractivity contribution in [1.82, 2.24) is 4.98 Å². The van der Waals surface area contributed by atoms with Gasteiger partial charge in [-0.25, -0.2) is 4.98 Å². The highest BCUT2D eigenvalue weighted by Crippen LogP contribution is 2.44. The smallest absolute Gasteiger partial charge is 0.368 e.